The van der Waals surface area contributed by atoms with E-state index in [1.807, 2.05) is 12.1 Å². The summed E-state index contributed by atoms with van der Waals surface area (Å²) in [5.41, 5.74) is -1.61. The Labute approximate surface area is 182 Å². The zero-order valence-corrected chi connectivity index (χ0v) is 18.0. The lowest BCUT2D eigenvalue weighted by atomic mass is 9.86. The number of ether oxygens (including phenoxy) is 2. The number of amides is 1. The maximum Gasteiger partial charge on any atom is 0.328 e. The van der Waals surface area contributed by atoms with Crippen LogP contribution in [0.3, 0.4) is 0 Å². The lowest BCUT2D eigenvalue weighted by Gasteiger charge is -2.32. The lowest BCUT2D eigenvalue weighted by Crippen LogP contribution is -2.50. The number of benzene rings is 2. The molecule has 6 nitrogen and oxygen atoms in total. The third-order valence-corrected chi connectivity index (χ3v) is 7.19. The Kier molecular flexibility index (Phi) is 4.38. The van der Waals surface area contributed by atoms with Crippen LogP contribution in [0.2, 0.25) is 0 Å². The van der Waals surface area contributed by atoms with E-state index < -0.39 is 22.7 Å². The highest BCUT2D eigenvalue weighted by Crippen LogP contribution is 2.78. The third-order valence-electron chi connectivity index (χ3n) is 6.70. The summed E-state index contributed by atoms with van der Waals surface area (Å²) in [7, 11) is 0. The van der Waals surface area contributed by atoms with Crippen LogP contribution in [0.1, 0.15) is 28.8 Å². The topological polar surface area (TPSA) is 72.9 Å². The molecule has 3 aliphatic rings. The molecule has 2 aromatic carbocycles. The van der Waals surface area contributed by atoms with Gasteiger partial charge in [-0.25, -0.2) is 0 Å². The predicted molar refractivity (Wildman–Crippen MR) is 111 cm³/mol. The van der Waals surface area contributed by atoms with E-state index in [0.29, 0.717) is 43.2 Å². The lowest BCUT2D eigenvalue weighted by molar-refractivity contribution is -0.156. The minimum absolute atomic E-state index is 0.223. The van der Waals surface area contributed by atoms with Gasteiger partial charge >= 0.3 is 5.97 Å². The summed E-state index contributed by atoms with van der Waals surface area (Å²) in [6.45, 7) is 3.33. The molecule has 2 aliphatic heterocycles. The van der Waals surface area contributed by atoms with Crippen molar-refractivity contribution in [1.29, 1.82) is 0 Å². The predicted octanol–water partition coefficient (Wildman–Crippen LogP) is 3.20. The van der Waals surface area contributed by atoms with Crippen LogP contribution in [0.5, 0.6) is 5.75 Å². The first-order chi connectivity index (χ1) is 14.4. The van der Waals surface area contributed by atoms with Crippen LogP contribution in [0, 0.1) is 10.8 Å². The monoisotopic (exact) mass is 469 g/mol. The minimum atomic E-state index is -1.56. The molecule has 30 heavy (non-hydrogen) atoms. The second-order valence-electron chi connectivity index (χ2n) is 8.11. The maximum absolute atomic E-state index is 13.8. The van der Waals surface area contributed by atoms with Gasteiger partial charge in [0.15, 0.2) is 11.2 Å². The van der Waals surface area contributed by atoms with E-state index in [1.54, 1.807) is 48.2 Å². The Morgan fingerprint density at radius 3 is 2.50 bits per heavy atom. The highest BCUT2D eigenvalue weighted by molar-refractivity contribution is 9.10. The normalized spacial score (nSPS) is 29.5. The van der Waals surface area contributed by atoms with Crippen LogP contribution < -0.4 is 4.74 Å². The molecule has 0 radical (unpaired) electrons. The number of Topliss-reactive ketones (excluding diaryl/α,β-unsaturated/α-hetero) is 1. The first-order valence-electron chi connectivity index (χ1n) is 9.91. The van der Waals surface area contributed by atoms with Gasteiger partial charge in [-0.15, -0.1) is 0 Å². The summed E-state index contributed by atoms with van der Waals surface area (Å²) in [6, 6.07) is 14.2. The second-order valence-corrected chi connectivity index (χ2v) is 9.03. The molecular formula is C23H20BrNO5. The molecule has 0 aromatic heterocycles. The van der Waals surface area contributed by atoms with Gasteiger partial charge in [-0.2, -0.15) is 0 Å². The average Bonchev–Trinajstić information content (AvgIpc) is 3.37. The SMILES string of the molecule is C[C@]1(C(=O)c2ccccc2)[C@@H]2c3cc(Br)ccc3OC(=O)[C@@]21C(=O)N1CCOCC1. The highest BCUT2D eigenvalue weighted by Gasteiger charge is 2.88. The van der Waals surface area contributed by atoms with E-state index in [4.69, 9.17) is 9.47 Å². The number of carbonyl (C=O) groups is 3. The summed E-state index contributed by atoms with van der Waals surface area (Å²) in [6.07, 6.45) is 0. The number of hydrogen-bond acceptors (Lipinski definition) is 5. The molecule has 0 N–H and O–H groups in total. The number of ketones is 1. The van der Waals surface area contributed by atoms with E-state index in [1.165, 1.54) is 0 Å². The number of hydrogen-bond donors (Lipinski definition) is 0. The van der Waals surface area contributed by atoms with Gasteiger partial charge in [-0.1, -0.05) is 46.3 Å². The molecule has 2 fully saturated rings. The fourth-order valence-corrected chi connectivity index (χ4v) is 5.54. The van der Waals surface area contributed by atoms with Crippen molar-refractivity contribution in [3.8, 4) is 5.75 Å². The van der Waals surface area contributed by atoms with Crippen LogP contribution in [0.15, 0.2) is 53.0 Å². The van der Waals surface area contributed by atoms with Gasteiger partial charge < -0.3 is 14.4 Å². The molecular weight excluding hydrogens is 450 g/mol. The summed E-state index contributed by atoms with van der Waals surface area (Å²) in [5, 5.41) is 0. The van der Waals surface area contributed by atoms with Crippen molar-refractivity contribution >= 4 is 33.6 Å². The minimum Gasteiger partial charge on any atom is -0.425 e. The average molecular weight is 470 g/mol. The Bertz CT molecular complexity index is 1060. The van der Waals surface area contributed by atoms with E-state index in [9.17, 15) is 14.4 Å². The van der Waals surface area contributed by atoms with Crippen molar-refractivity contribution in [2.45, 2.75) is 12.8 Å². The number of fused-ring (bicyclic) bond motifs is 3. The quantitative estimate of drug-likeness (QED) is 0.298. The maximum atomic E-state index is 13.8. The van der Waals surface area contributed by atoms with Crippen LogP contribution >= 0.6 is 15.9 Å². The van der Waals surface area contributed by atoms with E-state index in [-0.39, 0.29) is 11.7 Å². The smallest absolute Gasteiger partial charge is 0.328 e. The van der Waals surface area contributed by atoms with Crippen LogP contribution in [-0.2, 0) is 14.3 Å². The van der Waals surface area contributed by atoms with Gasteiger partial charge in [0.05, 0.1) is 18.6 Å². The van der Waals surface area contributed by atoms with Gasteiger partial charge in [0.2, 0.25) is 5.91 Å². The Hall–Kier alpha value is -2.51. The molecule has 1 saturated heterocycles. The number of rotatable bonds is 3. The molecule has 0 unspecified atom stereocenters. The zero-order valence-electron chi connectivity index (χ0n) is 16.4. The number of carbonyl (C=O) groups excluding carboxylic acids is 3. The summed E-state index contributed by atoms with van der Waals surface area (Å²) < 4.78 is 11.8. The van der Waals surface area contributed by atoms with E-state index >= 15 is 0 Å². The van der Waals surface area contributed by atoms with Gasteiger partial charge in [-0.3, -0.25) is 14.4 Å². The van der Waals surface area contributed by atoms with E-state index in [0.717, 1.165) is 4.47 Å². The van der Waals surface area contributed by atoms with Crippen LogP contribution in [0.25, 0.3) is 0 Å². The number of esters is 1. The molecule has 0 bridgehead atoms. The van der Waals surface area contributed by atoms with Crippen LogP contribution in [-0.4, -0.2) is 48.9 Å². The molecule has 154 valence electrons. The number of nitrogens with zero attached hydrogens (tertiary/aromatic N) is 1. The molecule has 3 atom stereocenters. The summed E-state index contributed by atoms with van der Waals surface area (Å²) in [4.78, 5) is 42.5. The molecule has 2 aromatic rings. The Morgan fingerprint density at radius 1 is 1.10 bits per heavy atom. The Balaban J connectivity index is 1.68. The van der Waals surface area contributed by atoms with Gasteiger partial charge in [0, 0.05) is 34.6 Å². The van der Waals surface area contributed by atoms with E-state index in [2.05, 4.69) is 15.9 Å². The van der Waals surface area contributed by atoms with Crippen LogP contribution in [0.4, 0.5) is 0 Å². The fourth-order valence-electron chi connectivity index (χ4n) is 5.16. The number of morpholine rings is 1. The Morgan fingerprint density at radius 2 is 1.80 bits per heavy atom. The molecule has 1 saturated carbocycles. The number of halogens is 1. The fraction of sp³-hybridized carbons (Fsp3) is 0.348. The molecule has 2 heterocycles. The largest absolute Gasteiger partial charge is 0.425 e. The molecule has 1 aliphatic carbocycles. The third kappa shape index (κ3) is 2.42. The highest BCUT2D eigenvalue weighted by atomic mass is 79.9. The summed E-state index contributed by atoms with van der Waals surface area (Å²) in [5.74, 6) is -1.40. The van der Waals surface area contributed by atoms with Crippen molar-refractivity contribution in [2.75, 3.05) is 26.3 Å². The molecule has 1 amide bonds. The van der Waals surface area contributed by atoms with Crippen molar-refractivity contribution in [1.82, 2.24) is 4.90 Å². The van der Waals surface area contributed by atoms with Gasteiger partial charge in [-0.05, 0) is 25.1 Å². The molecule has 7 heteroatoms. The second kappa shape index (κ2) is 6.75. The summed E-state index contributed by atoms with van der Waals surface area (Å²) >= 11 is 3.47. The zero-order chi connectivity index (χ0) is 21.1. The molecule has 0 spiro atoms. The molecule has 5 rings (SSSR count). The first kappa shape index (κ1) is 19.5. The van der Waals surface area contributed by atoms with Gasteiger partial charge in [0.1, 0.15) is 5.75 Å². The van der Waals surface area contributed by atoms with Crippen molar-refractivity contribution in [2.24, 2.45) is 10.8 Å². The van der Waals surface area contributed by atoms with Crippen molar-refractivity contribution < 1.29 is 23.9 Å². The van der Waals surface area contributed by atoms with Gasteiger partial charge in [0.25, 0.3) is 0 Å². The van der Waals surface area contributed by atoms with Crippen molar-refractivity contribution in [3.63, 3.8) is 0 Å². The first-order valence-corrected chi connectivity index (χ1v) is 10.7. The van der Waals surface area contributed by atoms with Crippen molar-refractivity contribution in [3.05, 3.63) is 64.1 Å². The standard InChI is InChI=1S/C23H20BrNO5/c1-22(19(26)14-5-3-2-4-6-14)18-16-13-15(24)7-8-17(16)30-21(28)23(18,22)20(27)25-9-11-29-12-10-25/h2-8,13,18H,9-12H2,1H3/t18-,22+,23-/m0/s1.